The van der Waals surface area contributed by atoms with Gasteiger partial charge in [0.05, 0.1) is 7.11 Å². The number of hydrogen-bond acceptors (Lipinski definition) is 3. The maximum absolute atomic E-state index is 12.5. The van der Waals surface area contributed by atoms with Crippen molar-refractivity contribution in [1.29, 1.82) is 0 Å². The molecule has 25 heavy (non-hydrogen) atoms. The molecule has 2 aliphatic rings. The van der Waals surface area contributed by atoms with E-state index in [1.807, 2.05) is 12.1 Å². The van der Waals surface area contributed by atoms with Gasteiger partial charge in [-0.25, -0.2) is 4.79 Å². The smallest absolute Gasteiger partial charge is 0.317 e. The Morgan fingerprint density at radius 1 is 1.28 bits per heavy atom. The van der Waals surface area contributed by atoms with Crippen LogP contribution < -0.4 is 15.0 Å². The van der Waals surface area contributed by atoms with Crippen LogP contribution in [0.1, 0.15) is 39.0 Å². The van der Waals surface area contributed by atoms with E-state index in [9.17, 15) is 4.79 Å². The monoisotopic (exact) mass is 345 g/mol. The standard InChI is InChI=1S/C20H31N3O2/c1-3-17-7-4-5-11-23(17)20(24)21-14-16-10-12-22(15-16)18-8-6-9-19(13-18)25-2/h6,8-9,13,16-17H,3-5,7,10-12,14-15H2,1-2H3,(H,21,24). The maximum atomic E-state index is 12.5. The summed E-state index contributed by atoms with van der Waals surface area (Å²) in [6.45, 7) is 5.89. The predicted molar refractivity (Wildman–Crippen MR) is 101 cm³/mol. The van der Waals surface area contributed by atoms with Crippen LogP contribution in [0.4, 0.5) is 10.5 Å². The second kappa shape index (κ2) is 8.45. The number of urea groups is 1. The summed E-state index contributed by atoms with van der Waals surface area (Å²) < 4.78 is 5.32. The Bertz CT molecular complexity index is 578. The van der Waals surface area contributed by atoms with E-state index in [0.717, 1.165) is 57.6 Å². The Balaban J connectivity index is 1.49. The molecular weight excluding hydrogens is 314 g/mol. The van der Waals surface area contributed by atoms with Gasteiger partial charge in [-0.05, 0) is 50.2 Å². The molecule has 0 aromatic heterocycles. The van der Waals surface area contributed by atoms with E-state index in [0.29, 0.717) is 12.0 Å². The van der Waals surface area contributed by atoms with Gasteiger partial charge in [0.25, 0.3) is 0 Å². The molecule has 5 nitrogen and oxygen atoms in total. The molecule has 2 heterocycles. The Hall–Kier alpha value is -1.91. The third-order valence-corrected chi connectivity index (χ3v) is 5.61. The summed E-state index contributed by atoms with van der Waals surface area (Å²) in [6, 6.07) is 8.77. The van der Waals surface area contributed by atoms with Crippen molar-refractivity contribution in [2.45, 2.75) is 45.1 Å². The topological polar surface area (TPSA) is 44.8 Å². The Kier molecular flexibility index (Phi) is 6.05. The van der Waals surface area contributed by atoms with Crippen molar-refractivity contribution in [1.82, 2.24) is 10.2 Å². The van der Waals surface area contributed by atoms with Crippen LogP contribution in [-0.2, 0) is 0 Å². The third kappa shape index (κ3) is 4.39. The van der Waals surface area contributed by atoms with Crippen LogP contribution in [0.15, 0.2) is 24.3 Å². The van der Waals surface area contributed by atoms with E-state index in [2.05, 4.69) is 34.2 Å². The number of likely N-dealkylation sites (tertiary alicyclic amines) is 1. The molecule has 2 aliphatic heterocycles. The summed E-state index contributed by atoms with van der Waals surface area (Å²) in [5, 5.41) is 3.19. The number of methoxy groups -OCH3 is 1. The fourth-order valence-electron chi connectivity index (χ4n) is 4.07. The lowest BCUT2D eigenvalue weighted by Gasteiger charge is -2.35. The number of anilines is 1. The van der Waals surface area contributed by atoms with E-state index in [1.54, 1.807) is 7.11 Å². The number of carbonyl (C=O) groups excluding carboxylic acids is 1. The average Bonchev–Trinajstić information content (AvgIpc) is 3.15. The summed E-state index contributed by atoms with van der Waals surface area (Å²) in [4.78, 5) is 17.0. The molecule has 1 aromatic carbocycles. The molecule has 0 aliphatic carbocycles. The highest BCUT2D eigenvalue weighted by atomic mass is 16.5. The summed E-state index contributed by atoms with van der Waals surface area (Å²) in [6.07, 6.45) is 5.71. The predicted octanol–water partition coefficient (Wildman–Crippen LogP) is 3.50. The Labute approximate surface area is 151 Å². The van der Waals surface area contributed by atoms with Gasteiger partial charge in [-0.15, -0.1) is 0 Å². The molecular formula is C20H31N3O2. The van der Waals surface area contributed by atoms with Crippen molar-refractivity contribution < 1.29 is 9.53 Å². The van der Waals surface area contributed by atoms with Gasteiger partial charge in [-0.3, -0.25) is 0 Å². The molecule has 1 aromatic rings. The zero-order valence-corrected chi connectivity index (χ0v) is 15.5. The molecule has 0 spiro atoms. The van der Waals surface area contributed by atoms with Gasteiger partial charge in [0, 0.05) is 44.0 Å². The number of hydrogen-bond donors (Lipinski definition) is 1. The number of carbonyl (C=O) groups is 1. The van der Waals surface area contributed by atoms with Crippen molar-refractivity contribution in [3.63, 3.8) is 0 Å². The number of nitrogens with zero attached hydrogens (tertiary/aromatic N) is 2. The van der Waals surface area contributed by atoms with E-state index in [4.69, 9.17) is 4.74 Å². The van der Waals surface area contributed by atoms with E-state index < -0.39 is 0 Å². The van der Waals surface area contributed by atoms with Gasteiger partial charge in [0.1, 0.15) is 5.75 Å². The summed E-state index contributed by atoms with van der Waals surface area (Å²) >= 11 is 0. The fourth-order valence-corrected chi connectivity index (χ4v) is 4.07. The van der Waals surface area contributed by atoms with Crippen LogP contribution in [0.25, 0.3) is 0 Å². The van der Waals surface area contributed by atoms with Gasteiger partial charge < -0.3 is 19.9 Å². The molecule has 0 bridgehead atoms. The van der Waals surface area contributed by atoms with Crippen molar-refractivity contribution in [3.05, 3.63) is 24.3 Å². The van der Waals surface area contributed by atoms with Crippen LogP contribution >= 0.6 is 0 Å². The third-order valence-electron chi connectivity index (χ3n) is 5.61. The van der Waals surface area contributed by atoms with Gasteiger partial charge in [0.2, 0.25) is 0 Å². The first-order valence-corrected chi connectivity index (χ1v) is 9.64. The van der Waals surface area contributed by atoms with Crippen molar-refractivity contribution >= 4 is 11.7 Å². The molecule has 5 heteroatoms. The van der Waals surface area contributed by atoms with E-state index >= 15 is 0 Å². The number of rotatable bonds is 5. The van der Waals surface area contributed by atoms with Crippen LogP contribution in [0.5, 0.6) is 5.75 Å². The number of benzene rings is 1. The highest BCUT2D eigenvalue weighted by Gasteiger charge is 2.27. The van der Waals surface area contributed by atoms with Gasteiger partial charge in [-0.2, -0.15) is 0 Å². The molecule has 1 N–H and O–H groups in total. The van der Waals surface area contributed by atoms with Gasteiger partial charge in [-0.1, -0.05) is 13.0 Å². The molecule has 3 rings (SSSR count). The van der Waals surface area contributed by atoms with E-state index in [1.165, 1.54) is 12.1 Å². The normalized spacial score (nSPS) is 23.6. The SMILES string of the molecule is CCC1CCCCN1C(=O)NCC1CCN(c2cccc(OC)c2)C1. The molecule has 0 radical (unpaired) electrons. The molecule has 0 saturated carbocycles. The van der Waals surface area contributed by atoms with Crippen LogP contribution in [0.3, 0.4) is 0 Å². The van der Waals surface area contributed by atoms with Crippen LogP contribution in [-0.4, -0.2) is 50.3 Å². The lowest BCUT2D eigenvalue weighted by molar-refractivity contribution is 0.148. The lowest BCUT2D eigenvalue weighted by atomic mass is 10.0. The lowest BCUT2D eigenvalue weighted by Crippen LogP contribution is -2.49. The average molecular weight is 345 g/mol. The maximum Gasteiger partial charge on any atom is 0.317 e. The Morgan fingerprint density at radius 2 is 2.16 bits per heavy atom. The fraction of sp³-hybridized carbons (Fsp3) is 0.650. The van der Waals surface area contributed by atoms with Gasteiger partial charge in [0.15, 0.2) is 0 Å². The molecule has 138 valence electrons. The van der Waals surface area contributed by atoms with E-state index in [-0.39, 0.29) is 6.03 Å². The number of piperidine rings is 1. The summed E-state index contributed by atoms with van der Waals surface area (Å²) in [7, 11) is 1.70. The van der Waals surface area contributed by atoms with Crippen molar-refractivity contribution in [3.8, 4) is 5.75 Å². The van der Waals surface area contributed by atoms with Gasteiger partial charge >= 0.3 is 6.03 Å². The molecule has 2 fully saturated rings. The van der Waals surface area contributed by atoms with Crippen molar-refractivity contribution in [2.24, 2.45) is 5.92 Å². The molecule has 2 amide bonds. The number of ether oxygens (including phenoxy) is 1. The molecule has 2 atom stereocenters. The quantitative estimate of drug-likeness (QED) is 0.888. The number of amides is 2. The summed E-state index contributed by atoms with van der Waals surface area (Å²) in [5.41, 5.74) is 1.20. The Morgan fingerprint density at radius 3 is 2.96 bits per heavy atom. The minimum Gasteiger partial charge on any atom is -0.497 e. The first-order chi connectivity index (χ1) is 12.2. The highest BCUT2D eigenvalue weighted by molar-refractivity contribution is 5.74. The summed E-state index contributed by atoms with van der Waals surface area (Å²) in [5.74, 6) is 1.41. The second-order valence-corrected chi connectivity index (χ2v) is 7.24. The highest BCUT2D eigenvalue weighted by Crippen LogP contribution is 2.27. The molecule has 2 saturated heterocycles. The zero-order valence-electron chi connectivity index (χ0n) is 15.5. The first-order valence-electron chi connectivity index (χ1n) is 9.64. The first kappa shape index (κ1) is 17.9. The van der Waals surface area contributed by atoms with Crippen molar-refractivity contribution in [2.75, 3.05) is 38.2 Å². The minimum absolute atomic E-state index is 0.131. The van der Waals surface area contributed by atoms with Crippen LogP contribution in [0, 0.1) is 5.92 Å². The second-order valence-electron chi connectivity index (χ2n) is 7.24. The number of nitrogens with one attached hydrogen (secondary N) is 1. The largest absolute Gasteiger partial charge is 0.497 e. The molecule has 2 unspecified atom stereocenters. The van der Waals surface area contributed by atoms with Crippen LogP contribution in [0.2, 0.25) is 0 Å². The minimum atomic E-state index is 0.131. The zero-order chi connectivity index (χ0) is 17.6.